The monoisotopic (exact) mass is 544 g/mol. The molecule has 1 aliphatic heterocycles. The lowest BCUT2D eigenvalue weighted by Gasteiger charge is -2.29. The summed E-state index contributed by atoms with van der Waals surface area (Å²) in [7, 11) is 0. The Balaban J connectivity index is 1.50. The average molecular weight is 545 g/mol. The Morgan fingerprint density at radius 3 is 2.38 bits per heavy atom. The molecule has 0 spiro atoms. The molecule has 39 heavy (non-hydrogen) atoms. The molecule has 0 aliphatic carbocycles. The van der Waals surface area contributed by atoms with E-state index in [9.17, 15) is 18.7 Å². The predicted octanol–water partition coefficient (Wildman–Crippen LogP) is 6.54. The lowest BCUT2D eigenvalue weighted by Crippen LogP contribution is -2.32. The van der Waals surface area contributed by atoms with Gasteiger partial charge in [-0.3, -0.25) is 13.7 Å². The fraction of sp³-hybridized carbons (Fsp3) is 0.258. The van der Waals surface area contributed by atoms with Gasteiger partial charge in [-0.25, -0.2) is 4.21 Å². The maximum Gasteiger partial charge on any atom is 0.305 e. The second kappa shape index (κ2) is 12.4. The van der Waals surface area contributed by atoms with Crippen molar-refractivity contribution in [3.63, 3.8) is 0 Å². The molecule has 202 valence electrons. The first-order valence-electron chi connectivity index (χ1n) is 13.1. The van der Waals surface area contributed by atoms with Crippen LogP contribution in [-0.2, 0) is 20.8 Å². The minimum Gasteiger partial charge on any atom is -0.481 e. The van der Waals surface area contributed by atoms with Gasteiger partial charge in [-0.15, -0.1) is 0 Å². The number of H-pyrrole nitrogens is 1. The number of aromatic nitrogens is 1. The van der Waals surface area contributed by atoms with Crippen LogP contribution in [0.25, 0.3) is 11.1 Å². The summed E-state index contributed by atoms with van der Waals surface area (Å²) >= 11 is -2.45. The normalized spacial score (nSPS) is 17.4. The number of carbonyl (C=O) groups is 1. The Labute approximate surface area is 230 Å². The van der Waals surface area contributed by atoms with Crippen molar-refractivity contribution in [3.8, 4) is 11.1 Å². The highest BCUT2D eigenvalue weighted by Crippen LogP contribution is 2.36. The van der Waals surface area contributed by atoms with E-state index in [4.69, 9.17) is 4.74 Å². The van der Waals surface area contributed by atoms with Crippen LogP contribution >= 0.6 is 0 Å². The van der Waals surface area contributed by atoms with Crippen LogP contribution in [0.1, 0.15) is 54.5 Å². The van der Waals surface area contributed by atoms with Gasteiger partial charge in [0.25, 0.3) is 11.3 Å². The van der Waals surface area contributed by atoms with E-state index in [1.807, 2.05) is 48.7 Å². The van der Waals surface area contributed by atoms with Gasteiger partial charge in [0, 0.05) is 24.4 Å². The third-order valence-electron chi connectivity index (χ3n) is 7.25. The summed E-state index contributed by atoms with van der Waals surface area (Å²) in [6.07, 6.45) is 4.87. The zero-order valence-electron chi connectivity index (χ0n) is 21.5. The van der Waals surface area contributed by atoms with Gasteiger partial charge in [0.15, 0.2) is 0 Å². The SMILES string of the molecule is O=C(O)CC(c1ccccc1)N(c1cccc(-c2cccc(C(CC3CCCO3)c3ccc[nH]3)c2)c1)S(=O)O. The molecule has 7 nitrogen and oxygen atoms in total. The smallest absolute Gasteiger partial charge is 0.305 e. The molecule has 2 heterocycles. The Hall–Kier alpha value is -3.72. The zero-order chi connectivity index (χ0) is 27.2. The Kier molecular flexibility index (Phi) is 8.56. The molecule has 8 heteroatoms. The van der Waals surface area contributed by atoms with E-state index < -0.39 is 23.3 Å². The van der Waals surface area contributed by atoms with Crippen molar-refractivity contribution in [1.82, 2.24) is 4.98 Å². The minimum atomic E-state index is -2.45. The lowest BCUT2D eigenvalue weighted by molar-refractivity contribution is -0.137. The molecule has 0 radical (unpaired) electrons. The molecule has 3 aromatic carbocycles. The number of hydrogen-bond donors (Lipinski definition) is 3. The van der Waals surface area contributed by atoms with E-state index in [0.29, 0.717) is 11.3 Å². The van der Waals surface area contributed by atoms with E-state index >= 15 is 0 Å². The van der Waals surface area contributed by atoms with Gasteiger partial charge in [-0.1, -0.05) is 66.7 Å². The van der Waals surface area contributed by atoms with Gasteiger partial charge in [-0.05, 0) is 65.8 Å². The average Bonchev–Trinajstić information content (AvgIpc) is 3.67. The van der Waals surface area contributed by atoms with Crippen molar-refractivity contribution in [2.24, 2.45) is 0 Å². The Morgan fingerprint density at radius 1 is 0.974 bits per heavy atom. The van der Waals surface area contributed by atoms with Gasteiger partial charge in [0.1, 0.15) is 0 Å². The number of carboxylic acids is 1. The molecule has 3 N–H and O–H groups in total. The fourth-order valence-electron chi connectivity index (χ4n) is 5.41. The molecule has 0 saturated carbocycles. The number of nitrogens with one attached hydrogen (secondary N) is 1. The number of aliphatic carboxylic acids is 1. The molecule has 0 bridgehead atoms. The molecule has 1 aromatic heterocycles. The van der Waals surface area contributed by atoms with Crippen LogP contribution in [0.2, 0.25) is 0 Å². The predicted molar refractivity (Wildman–Crippen MR) is 153 cm³/mol. The second-order valence-electron chi connectivity index (χ2n) is 9.81. The van der Waals surface area contributed by atoms with Crippen LogP contribution in [-0.4, -0.2) is 37.5 Å². The highest BCUT2D eigenvalue weighted by atomic mass is 32.2. The van der Waals surface area contributed by atoms with Gasteiger partial charge < -0.3 is 14.8 Å². The molecule has 4 unspecified atom stereocenters. The van der Waals surface area contributed by atoms with E-state index in [0.717, 1.165) is 48.3 Å². The minimum absolute atomic E-state index is 0.144. The summed E-state index contributed by atoms with van der Waals surface area (Å²) in [5.74, 6) is -0.907. The van der Waals surface area contributed by atoms with Crippen LogP contribution in [0.15, 0.2) is 97.2 Å². The number of rotatable bonds is 11. The van der Waals surface area contributed by atoms with Crippen LogP contribution < -0.4 is 4.31 Å². The first-order chi connectivity index (χ1) is 19.0. The van der Waals surface area contributed by atoms with Crippen molar-refractivity contribution in [2.75, 3.05) is 10.9 Å². The summed E-state index contributed by atoms with van der Waals surface area (Å²) in [4.78, 5) is 15.1. The van der Waals surface area contributed by atoms with E-state index in [-0.39, 0.29) is 18.4 Å². The highest BCUT2D eigenvalue weighted by molar-refractivity contribution is 7.80. The summed E-state index contributed by atoms with van der Waals surface area (Å²) in [5, 5.41) is 9.60. The molecule has 4 aromatic rings. The van der Waals surface area contributed by atoms with Gasteiger partial charge >= 0.3 is 5.97 Å². The highest BCUT2D eigenvalue weighted by Gasteiger charge is 2.28. The third kappa shape index (κ3) is 6.47. The number of benzene rings is 3. The van der Waals surface area contributed by atoms with Gasteiger partial charge in [-0.2, -0.15) is 0 Å². The number of aromatic amines is 1. The Bertz CT molecular complexity index is 1400. The standard InChI is InChI=1S/C31H32N2O5S/c34-31(35)21-30(22-8-2-1-3-9-22)33(39(36)37)26-13-5-11-24(19-26)23-10-4-12-25(18-23)28(29-15-6-16-32-29)20-27-14-7-17-38-27/h1-6,8-13,15-16,18-19,27-28,30,32H,7,14,17,20-21H2,(H,34,35)(H,36,37). The van der Waals surface area contributed by atoms with Crippen molar-refractivity contribution in [3.05, 3.63) is 114 Å². The maximum absolute atomic E-state index is 12.6. The molecular weight excluding hydrogens is 512 g/mol. The van der Waals surface area contributed by atoms with Crippen LogP contribution in [0.4, 0.5) is 5.69 Å². The summed E-state index contributed by atoms with van der Waals surface area (Å²) in [5.41, 5.74) is 5.25. The van der Waals surface area contributed by atoms with Crippen molar-refractivity contribution in [2.45, 2.75) is 43.7 Å². The molecule has 5 rings (SSSR count). The van der Waals surface area contributed by atoms with Crippen molar-refractivity contribution >= 4 is 22.9 Å². The second-order valence-corrected chi connectivity index (χ2v) is 10.7. The molecular formula is C31H32N2O5S. The quantitative estimate of drug-likeness (QED) is 0.186. The summed E-state index contributed by atoms with van der Waals surface area (Å²) in [6, 6.07) is 28.0. The largest absolute Gasteiger partial charge is 0.481 e. The van der Waals surface area contributed by atoms with Crippen LogP contribution in [0.5, 0.6) is 0 Å². The molecule has 4 atom stereocenters. The van der Waals surface area contributed by atoms with E-state index in [1.54, 1.807) is 30.3 Å². The van der Waals surface area contributed by atoms with Gasteiger partial charge in [0.05, 0.1) is 24.3 Å². The van der Waals surface area contributed by atoms with Crippen LogP contribution in [0, 0.1) is 0 Å². The first kappa shape index (κ1) is 26.9. The lowest BCUT2D eigenvalue weighted by atomic mass is 9.88. The summed E-state index contributed by atoms with van der Waals surface area (Å²) in [6.45, 7) is 0.809. The number of carboxylic acid groups (broad SMARTS) is 1. The van der Waals surface area contributed by atoms with Gasteiger partial charge in [0.2, 0.25) is 0 Å². The number of anilines is 1. The topological polar surface area (TPSA) is 103 Å². The fourth-order valence-corrected chi connectivity index (χ4v) is 6.12. The van der Waals surface area contributed by atoms with E-state index in [1.165, 1.54) is 4.31 Å². The Morgan fingerprint density at radius 2 is 1.72 bits per heavy atom. The van der Waals surface area contributed by atoms with Crippen LogP contribution in [0.3, 0.4) is 0 Å². The third-order valence-corrected chi connectivity index (χ3v) is 8.05. The molecule has 0 amide bonds. The number of nitrogens with zero attached hydrogens (tertiary/aromatic N) is 1. The maximum atomic E-state index is 12.6. The zero-order valence-corrected chi connectivity index (χ0v) is 22.3. The summed E-state index contributed by atoms with van der Waals surface area (Å²) < 4.78 is 30.1. The molecule has 1 fully saturated rings. The van der Waals surface area contributed by atoms with Crippen molar-refractivity contribution < 1.29 is 23.4 Å². The molecule has 1 aliphatic rings. The molecule has 1 saturated heterocycles. The number of ether oxygens (including phenoxy) is 1. The van der Waals surface area contributed by atoms with E-state index in [2.05, 4.69) is 23.2 Å². The number of hydrogen-bond acceptors (Lipinski definition) is 3. The van der Waals surface area contributed by atoms with Crippen molar-refractivity contribution in [1.29, 1.82) is 0 Å². The first-order valence-corrected chi connectivity index (χ1v) is 14.2.